The molecular weight excluding hydrogens is 299 g/mol. The molecule has 1 rings (SSSR count). The lowest BCUT2D eigenvalue weighted by Gasteiger charge is -2.13. The quantitative estimate of drug-likeness (QED) is 0.669. The number of amides is 1. The molecule has 4 nitrogen and oxygen atoms in total. The molecular formula is C14H20Cl2N2O2. The summed E-state index contributed by atoms with van der Waals surface area (Å²) in [5.41, 5.74) is 6.01. The lowest BCUT2D eigenvalue weighted by atomic mass is 9.96. The molecule has 0 saturated carbocycles. The van der Waals surface area contributed by atoms with Crippen LogP contribution in [0.15, 0.2) is 12.1 Å². The Labute approximate surface area is 129 Å². The van der Waals surface area contributed by atoms with Crippen molar-refractivity contribution in [3.63, 3.8) is 0 Å². The first-order valence-electron chi connectivity index (χ1n) is 6.65. The third-order valence-corrected chi connectivity index (χ3v) is 3.81. The van der Waals surface area contributed by atoms with E-state index in [-0.39, 0.29) is 21.7 Å². The molecule has 0 spiro atoms. The van der Waals surface area contributed by atoms with Crippen molar-refractivity contribution < 1.29 is 9.90 Å². The molecule has 0 aliphatic carbocycles. The molecule has 0 bridgehead atoms. The van der Waals surface area contributed by atoms with Crippen molar-refractivity contribution in [2.75, 3.05) is 11.9 Å². The van der Waals surface area contributed by atoms with E-state index in [1.165, 1.54) is 12.1 Å². The summed E-state index contributed by atoms with van der Waals surface area (Å²) in [6.45, 7) is 2.74. The Balaban J connectivity index is 2.54. The molecule has 0 aliphatic heterocycles. The second kappa shape index (κ2) is 8.35. The number of carbonyl (C=O) groups excluding carboxylic acids is 1. The summed E-state index contributed by atoms with van der Waals surface area (Å²) in [5, 5.41) is 12.4. The van der Waals surface area contributed by atoms with Gasteiger partial charge < -0.3 is 16.2 Å². The number of benzene rings is 1. The fraction of sp³-hybridized carbons (Fsp3) is 0.500. The number of anilines is 1. The van der Waals surface area contributed by atoms with Gasteiger partial charge in [0.2, 0.25) is 5.91 Å². The molecule has 112 valence electrons. The highest BCUT2D eigenvalue weighted by Gasteiger charge is 2.11. The summed E-state index contributed by atoms with van der Waals surface area (Å²) in [6, 6.07) is 2.94. The molecule has 20 heavy (non-hydrogen) atoms. The fourth-order valence-electron chi connectivity index (χ4n) is 1.98. The van der Waals surface area contributed by atoms with Crippen molar-refractivity contribution in [2.45, 2.75) is 32.6 Å². The molecule has 0 aromatic heterocycles. The van der Waals surface area contributed by atoms with Crippen molar-refractivity contribution >= 4 is 34.8 Å². The maximum Gasteiger partial charge on any atom is 0.224 e. The van der Waals surface area contributed by atoms with Gasteiger partial charge in [-0.2, -0.15) is 0 Å². The summed E-state index contributed by atoms with van der Waals surface area (Å²) >= 11 is 11.6. The van der Waals surface area contributed by atoms with E-state index in [1.54, 1.807) is 0 Å². The summed E-state index contributed by atoms with van der Waals surface area (Å²) in [5.74, 6) is 0.191. The molecule has 6 heteroatoms. The normalized spacial score (nSPS) is 12.2. The number of rotatable bonds is 7. The summed E-state index contributed by atoms with van der Waals surface area (Å²) in [6.07, 6.45) is 3.18. The van der Waals surface area contributed by atoms with Crippen LogP contribution in [0.1, 0.15) is 32.6 Å². The Kier molecular flexibility index (Phi) is 7.13. The van der Waals surface area contributed by atoms with Crippen LogP contribution in [0.4, 0.5) is 5.69 Å². The minimum absolute atomic E-state index is 0.0988. The third-order valence-electron chi connectivity index (χ3n) is 3.23. The molecule has 0 aliphatic rings. The second-order valence-electron chi connectivity index (χ2n) is 4.73. The second-order valence-corrected chi connectivity index (χ2v) is 5.54. The summed E-state index contributed by atoms with van der Waals surface area (Å²) in [4.78, 5) is 11.9. The van der Waals surface area contributed by atoms with Gasteiger partial charge in [-0.3, -0.25) is 4.79 Å². The average molecular weight is 319 g/mol. The monoisotopic (exact) mass is 318 g/mol. The molecule has 0 radical (unpaired) electrons. The lowest BCUT2D eigenvalue weighted by Crippen LogP contribution is -2.15. The van der Waals surface area contributed by atoms with Gasteiger partial charge in [0.1, 0.15) is 0 Å². The summed E-state index contributed by atoms with van der Waals surface area (Å²) < 4.78 is 0. The molecule has 1 unspecified atom stereocenters. The zero-order chi connectivity index (χ0) is 15.1. The Bertz CT molecular complexity index is 443. The Morgan fingerprint density at radius 3 is 2.45 bits per heavy atom. The van der Waals surface area contributed by atoms with Crippen LogP contribution in [0.2, 0.25) is 10.0 Å². The number of nitrogens with one attached hydrogen (secondary N) is 1. The van der Waals surface area contributed by atoms with Gasteiger partial charge in [0, 0.05) is 12.1 Å². The van der Waals surface area contributed by atoms with Gasteiger partial charge in [-0.15, -0.1) is 0 Å². The van der Waals surface area contributed by atoms with Gasteiger partial charge in [0.05, 0.1) is 10.0 Å². The van der Waals surface area contributed by atoms with E-state index in [4.69, 9.17) is 28.9 Å². The highest BCUT2D eigenvalue weighted by Crippen LogP contribution is 2.34. The number of aromatic hydroxyl groups is 1. The van der Waals surface area contributed by atoms with E-state index in [0.717, 1.165) is 19.3 Å². The van der Waals surface area contributed by atoms with Crippen LogP contribution in [-0.4, -0.2) is 17.6 Å². The lowest BCUT2D eigenvalue weighted by molar-refractivity contribution is -0.116. The number of halogens is 2. The van der Waals surface area contributed by atoms with Gasteiger partial charge in [0.15, 0.2) is 5.75 Å². The molecule has 1 amide bonds. The largest absolute Gasteiger partial charge is 0.505 e. The Hall–Kier alpha value is -0.970. The zero-order valence-electron chi connectivity index (χ0n) is 11.5. The number of phenolic OH excluding ortho intramolecular Hbond substituents is 1. The van der Waals surface area contributed by atoms with Crippen LogP contribution in [0.3, 0.4) is 0 Å². The predicted molar refractivity (Wildman–Crippen MR) is 83.4 cm³/mol. The Morgan fingerprint density at radius 1 is 1.35 bits per heavy atom. The minimum atomic E-state index is -0.180. The minimum Gasteiger partial charge on any atom is -0.505 e. The van der Waals surface area contributed by atoms with Crippen molar-refractivity contribution in [3.05, 3.63) is 22.2 Å². The van der Waals surface area contributed by atoms with Crippen LogP contribution >= 0.6 is 23.2 Å². The zero-order valence-corrected chi connectivity index (χ0v) is 13.0. The van der Waals surface area contributed by atoms with E-state index in [2.05, 4.69) is 12.2 Å². The molecule has 0 fully saturated rings. The van der Waals surface area contributed by atoms with E-state index in [9.17, 15) is 9.90 Å². The van der Waals surface area contributed by atoms with Crippen molar-refractivity contribution in [1.29, 1.82) is 0 Å². The molecule has 0 saturated heterocycles. The maximum absolute atomic E-state index is 11.9. The van der Waals surface area contributed by atoms with E-state index >= 15 is 0 Å². The van der Waals surface area contributed by atoms with E-state index in [0.29, 0.717) is 24.6 Å². The smallest absolute Gasteiger partial charge is 0.224 e. The molecule has 1 aromatic rings. The summed E-state index contributed by atoms with van der Waals surface area (Å²) in [7, 11) is 0. The van der Waals surface area contributed by atoms with Crippen LogP contribution in [0, 0.1) is 5.92 Å². The molecule has 1 aromatic carbocycles. The molecule has 1 atom stereocenters. The van der Waals surface area contributed by atoms with Crippen LogP contribution < -0.4 is 11.1 Å². The van der Waals surface area contributed by atoms with Crippen molar-refractivity contribution in [2.24, 2.45) is 11.7 Å². The third kappa shape index (κ3) is 5.19. The Morgan fingerprint density at radius 2 is 1.95 bits per heavy atom. The number of hydrogen-bond donors (Lipinski definition) is 3. The molecule has 0 heterocycles. The predicted octanol–water partition coefficient (Wildman–Crippen LogP) is 3.79. The topological polar surface area (TPSA) is 75.4 Å². The number of nitrogens with two attached hydrogens (primary N) is 1. The average Bonchev–Trinajstić information content (AvgIpc) is 2.40. The number of hydrogen-bond acceptors (Lipinski definition) is 3. The SMILES string of the molecule is CCC(CCN)CCC(=O)Nc1cc(Cl)c(O)c(Cl)c1. The van der Waals surface area contributed by atoms with Crippen molar-refractivity contribution in [3.8, 4) is 5.75 Å². The fourth-order valence-corrected chi connectivity index (χ4v) is 2.47. The van der Waals surface area contributed by atoms with Crippen LogP contribution in [0.5, 0.6) is 5.75 Å². The van der Waals surface area contributed by atoms with E-state index in [1.807, 2.05) is 0 Å². The van der Waals surface area contributed by atoms with Gasteiger partial charge in [-0.25, -0.2) is 0 Å². The maximum atomic E-state index is 11.9. The van der Waals surface area contributed by atoms with Crippen LogP contribution in [0.25, 0.3) is 0 Å². The van der Waals surface area contributed by atoms with Gasteiger partial charge in [0.25, 0.3) is 0 Å². The number of carbonyl (C=O) groups is 1. The highest BCUT2D eigenvalue weighted by atomic mass is 35.5. The van der Waals surface area contributed by atoms with Gasteiger partial charge in [-0.05, 0) is 37.4 Å². The van der Waals surface area contributed by atoms with Gasteiger partial charge in [-0.1, -0.05) is 36.5 Å². The first kappa shape index (κ1) is 17.1. The highest BCUT2D eigenvalue weighted by molar-refractivity contribution is 6.37. The standard InChI is InChI=1S/C14H20Cl2N2O2/c1-2-9(5-6-17)3-4-13(19)18-10-7-11(15)14(20)12(16)8-10/h7-9,20H,2-6,17H2,1H3,(H,18,19). The number of phenols is 1. The van der Waals surface area contributed by atoms with Gasteiger partial charge >= 0.3 is 0 Å². The van der Waals surface area contributed by atoms with Crippen molar-refractivity contribution in [1.82, 2.24) is 0 Å². The molecule has 4 N–H and O–H groups in total. The van der Waals surface area contributed by atoms with E-state index < -0.39 is 0 Å². The van der Waals surface area contributed by atoms with Crippen LogP contribution in [-0.2, 0) is 4.79 Å². The first-order valence-corrected chi connectivity index (χ1v) is 7.41. The first-order chi connectivity index (χ1) is 9.47.